The molecule has 1 saturated carbocycles. The zero-order valence-electron chi connectivity index (χ0n) is 12.8. The van der Waals surface area contributed by atoms with Gasteiger partial charge in [-0.1, -0.05) is 12.8 Å². The number of fused-ring (bicyclic) bond motifs is 1. The molecule has 0 radical (unpaired) electrons. The molecule has 4 nitrogen and oxygen atoms in total. The highest BCUT2D eigenvalue weighted by Gasteiger charge is 2.34. The molecule has 1 aliphatic carbocycles. The number of hydrogen-bond acceptors (Lipinski definition) is 3. The fourth-order valence-corrected chi connectivity index (χ4v) is 4.08. The highest BCUT2D eigenvalue weighted by Crippen LogP contribution is 2.40. The van der Waals surface area contributed by atoms with Gasteiger partial charge in [0.1, 0.15) is 0 Å². The number of nitrogens with one attached hydrogen (secondary N) is 2. The Balaban J connectivity index is 1.66. The van der Waals surface area contributed by atoms with Gasteiger partial charge in [-0.15, -0.1) is 11.8 Å². The van der Waals surface area contributed by atoms with Gasteiger partial charge in [-0.3, -0.25) is 9.59 Å². The van der Waals surface area contributed by atoms with Crippen molar-refractivity contribution in [1.82, 2.24) is 5.32 Å². The van der Waals surface area contributed by atoms with Crippen LogP contribution in [-0.4, -0.2) is 23.1 Å². The Morgan fingerprint density at radius 2 is 2.00 bits per heavy atom. The predicted octanol–water partition coefficient (Wildman–Crippen LogP) is 3.57. The Kier molecular flexibility index (Phi) is 4.76. The van der Waals surface area contributed by atoms with E-state index in [9.17, 15) is 22.8 Å². The highest BCUT2D eigenvalue weighted by atomic mass is 32.2. The summed E-state index contributed by atoms with van der Waals surface area (Å²) in [7, 11) is 0. The van der Waals surface area contributed by atoms with Crippen LogP contribution in [0.2, 0.25) is 0 Å². The van der Waals surface area contributed by atoms with Crippen LogP contribution in [0.5, 0.6) is 0 Å². The average Bonchev–Trinajstić information content (AvgIpc) is 2.99. The van der Waals surface area contributed by atoms with Gasteiger partial charge in [0.15, 0.2) is 0 Å². The van der Waals surface area contributed by atoms with Crippen molar-refractivity contribution in [2.24, 2.45) is 0 Å². The summed E-state index contributed by atoms with van der Waals surface area (Å²) in [6.45, 7) is 0. The Hall–Kier alpha value is -1.70. The second-order valence-corrected chi connectivity index (χ2v) is 7.30. The van der Waals surface area contributed by atoms with E-state index in [1.54, 1.807) is 0 Å². The van der Waals surface area contributed by atoms with Gasteiger partial charge < -0.3 is 10.6 Å². The zero-order chi connectivity index (χ0) is 17.3. The molecule has 3 rings (SSSR count). The van der Waals surface area contributed by atoms with E-state index in [1.807, 2.05) is 0 Å². The Morgan fingerprint density at radius 1 is 1.29 bits per heavy atom. The van der Waals surface area contributed by atoms with Crippen molar-refractivity contribution in [2.75, 3.05) is 5.32 Å². The van der Waals surface area contributed by atoms with Gasteiger partial charge >= 0.3 is 6.18 Å². The number of amides is 2. The van der Waals surface area contributed by atoms with Crippen molar-refractivity contribution in [3.8, 4) is 0 Å². The molecule has 24 heavy (non-hydrogen) atoms. The predicted molar refractivity (Wildman–Crippen MR) is 84.7 cm³/mol. The molecule has 2 aliphatic rings. The van der Waals surface area contributed by atoms with Crippen LogP contribution in [0.1, 0.15) is 37.7 Å². The van der Waals surface area contributed by atoms with Crippen LogP contribution in [0.3, 0.4) is 0 Å². The molecule has 2 amide bonds. The lowest BCUT2D eigenvalue weighted by Crippen LogP contribution is -2.38. The van der Waals surface area contributed by atoms with Crippen molar-refractivity contribution in [3.05, 3.63) is 23.8 Å². The summed E-state index contributed by atoms with van der Waals surface area (Å²) in [5, 5.41) is 4.77. The number of rotatable bonds is 3. The fraction of sp³-hybridized carbons (Fsp3) is 0.500. The van der Waals surface area contributed by atoms with Gasteiger partial charge in [0.05, 0.1) is 16.5 Å². The molecular weight excluding hydrogens is 341 g/mol. The molecule has 0 aromatic heterocycles. The molecule has 2 N–H and O–H groups in total. The SMILES string of the molecule is O=C(C[C@@H]1Sc2ccc(C(F)(F)F)cc2NC1=O)NC1CCCC1. The molecule has 1 aliphatic heterocycles. The standard InChI is InChI=1S/C16H17F3N2O2S/c17-16(18,19)9-5-6-12-11(7-9)21-15(23)13(24-12)8-14(22)20-10-3-1-2-4-10/h5-7,10,13H,1-4,8H2,(H,20,22)(H,21,23)/t13-/m0/s1. The van der Waals surface area contributed by atoms with Crippen molar-refractivity contribution < 1.29 is 22.8 Å². The van der Waals surface area contributed by atoms with Crippen molar-refractivity contribution in [2.45, 2.75) is 54.5 Å². The molecular formula is C16H17F3N2O2S. The first-order chi connectivity index (χ1) is 11.3. The summed E-state index contributed by atoms with van der Waals surface area (Å²) < 4.78 is 38.2. The first-order valence-corrected chi connectivity index (χ1v) is 8.69. The van der Waals surface area contributed by atoms with Gasteiger partial charge in [0.25, 0.3) is 0 Å². The maximum atomic E-state index is 12.7. The molecule has 0 unspecified atom stereocenters. The number of anilines is 1. The summed E-state index contributed by atoms with van der Waals surface area (Å²) in [6.07, 6.45) is -0.329. The zero-order valence-corrected chi connectivity index (χ0v) is 13.6. The number of carbonyl (C=O) groups is 2. The van der Waals surface area contributed by atoms with E-state index >= 15 is 0 Å². The third-order valence-electron chi connectivity index (χ3n) is 4.22. The van der Waals surface area contributed by atoms with Crippen LogP contribution in [0.25, 0.3) is 0 Å². The van der Waals surface area contributed by atoms with Gasteiger partial charge in [0.2, 0.25) is 11.8 Å². The lowest BCUT2D eigenvalue weighted by Gasteiger charge is -2.25. The number of carbonyl (C=O) groups excluding carboxylic acids is 2. The van der Waals surface area contributed by atoms with E-state index in [2.05, 4.69) is 10.6 Å². The van der Waals surface area contributed by atoms with E-state index in [0.717, 1.165) is 49.6 Å². The van der Waals surface area contributed by atoms with Crippen LogP contribution in [0, 0.1) is 0 Å². The summed E-state index contributed by atoms with van der Waals surface area (Å²) in [5.41, 5.74) is -0.660. The molecule has 0 bridgehead atoms. The maximum Gasteiger partial charge on any atom is 0.416 e. The minimum Gasteiger partial charge on any atom is -0.353 e. The minimum atomic E-state index is -4.46. The van der Waals surface area contributed by atoms with Gasteiger partial charge in [-0.05, 0) is 31.0 Å². The minimum absolute atomic E-state index is 0.0213. The largest absolute Gasteiger partial charge is 0.416 e. The van der Waals surface area contributed by atoms with E-state index in [1.165, 1.54) is 6.07 Å². The second-order valence-electron chi connectivity index (χ2n) is 6.06. The smallest absolute Gasteiger partial charge is 0.353 e. The van der Waals surface area contributed by atoms with Crippen LogP contribution < -0.4 is 10.6 Å². The van der Waals surface area contributed by atoms with Crippen LogP contribution in [0.4, 0.5) is 18.9 Å². The molecule has 130 valence electrons. The Bertz CT molecular complexity index is 657. The average molecular weight is 358 g/mol. The molecule has 1 aromatic carbocycles. The quantitative estimate of drug-likeness (QED) is 0.869. The number of alkyl halides is 3. The summed E-state index contributed by atoms with van der Waals surface area (Å²) in [6, 6.07) is 3.42. The van der Waals surface area contributed by atoms with Crippen LogP contribution in [-0.2, 0) is 15.8 Å². The summed E-state index contributed by atoms with van der Waals surface area (Å²) >= 11 is 1.13. The van der Waals surface area contributed by atoms with E-state index in [0.29, 0.717) is 4.90 Å². The number of hydrogen-bond donors (Lipinski definition) is 2. The Morgan fingerprint density at radius 3 is 2.67 bits per heavy atom. The van der Waals surface area contributed by atoms with Crippen molar-refractivity contribution in [1.29, 1.82) is 0 Å². The molecule has 1 atom stereocenters. The number of benzene rings is 1. The monoisotopic (exact) mass is 358 g/mol. The number of halogens is 3. The second kappa shape index (κ2) is 6.66. The summed E-state index contributed by atoms with van der Waals surface area (Å²) in [5.74, 6) is -0.627. The molecule has 8 heteroatoms. The van der Waals surface area contributed by atoms with Gasteiger partial charge in [-0.25, -0.2) is 0 Å². The molecule has 1 heterocycles. The molecule has 0 saturated heterocycles. The third-order valence-corrected chi connectivity index (χ3v) is 5.49. The number of thioether (sulfide) groups is 1. The van der Waals surface area contributed by atoms with Crippen LogP contribution in [0.15, 0.2) is 23.1 Å². The van der Waals surface area contributed by atoms with E-state index in [4.69, 9.17) is 0 Å². The van der Waals surface area contributed by atoms with Crippen molar-refractivity contribution in [3.63, 3.8) is 0 Å². The highest BCUT2D eigenvalue weighted by molar-refractivity contribution is 8.01. The third kappa shape index (κ3) is 3.85. The first-order valence-electron chi connectivity index (χ1n) is 7.81. The van der Waals surface area contributed by atoms with E-state index in [-0.39, 0.29) is 24.1 Å². The van der Waals surface area contributed by atoms with Gasteiger partial charge in [0, 0.05) is 17.4 Å². The topological polar surface area (TPSA) is 58.2 Å². The molecule has 1 aromatic rings. The van der Waals surface area contributed by atoms with Crippen LogP contribution >= 0.6 is 11.8 Å². The first kappa shape index (κ1) is 17.1. The maximum absolute atomic E-state index is 12.7. The normalized spacial score (nSPS) is 21.3. The Labute approximate surface area is 141 Å². The lowest BCUT2D eigenvalue weighted by molar-refractivity contribution is -0.137. The molecule has 1 fully saturated rings. The van der Waals surface area contributed by atoms with Gasteiger partial charge in [-0.2, -0.15) is 13.2 Å². The summed E-state index contributed by atoms with van der Waals surface area (Å²) in [4.78, 5) is 24.7. The fourth-order valence-electron chi connectivity index (χ4n) is 2.99. The van der Waals surface area contributed by atoms with Crippen molar-refractivity contribution >= 4 is 29.3 Å². The molecule has 0 spiro atoms. The lowest BCUT2D eigenvalue weighted by atomic mass is 10.1. The van der Waals surface area contributed by atoms with E-state index < -0.39 is 22.9 Å².